The molecule has 0 N–H and O–H groups in total. The first kappa shape index (κ1) is 9.45. The Morgan fingerprint density at radius 3 is 2.29 bits per heavy atom. The second kappa shape index (κ2) is 3.96. The molecule has 2 aliphatic heterocycles. The Labute approximate surface area is 82.6 Å². The van der Waals surface area contributed by atoms with Crippen LogP contribution in [0.4, 0.5) is 0 Å². The molecule has 2 amide bonds. The van der Waals surface area contributed by atoms with Crippen LogP contribution in [0.25, 0.3) is 0 Å². The first-order valence-electron chi connectivity index (χ1n) is 4.87. The van der Waals surface area contributed by atoms with E-state index in [0.717, 1.165) is 6.41 Å². The highest BCUT2D eigenvalue weighted by atomic mass is 16.5. The maximum Gasteiger partial charge on any atom is 0.230 e. The number of carbonyl (C=O) groups excluding carboxylic acids is 2. The molecule has 2 heterocycles. The van der Waals surface area contributed by atoms with Crippen LogP contribution in [0.3, 0.4) is 0 Å². The molecule has 2 fully saturated rings. The molecule has 0 aromatic heterocycles. The van der Waals surface area contributed by atoms with Crippen molar-refractivity contribution < 1.29 is 14.3 Å². The van der Waals surface area contributed by atoms with Gasteiger partial charge in [-0.3, -0.25) is 9.59 Å². The smallest absolute Gasteiger partial charge is 0.230 e. The minimum Gasteiger partial charge on any atom is -0.380 e. The summed E-state index contributed by atoms with van der Waals surface area (Å²) < 4.78 is 4.98. The Kier molecular flexibility index (Phi) is 2.67. The van der Waals surface area contributed by atoms with Crippen LogP contribution in [0.15, 0.2) is 0 Å². The van der Waals surface area contributed by atoms with Crippen LogP contribution in [-0.4, -0.2) is 61.5 Å². The summed E-state index contributed by atoms with van der Waals surface area (Å²) in [6.07, 6.45) is 0.842. The van der Waals surface area contributed by atoms with Crippen molar-refractivity contribution in [3.8, 4) is 0 Å². The monoisotopic (exact) mass is 198 g/mol. The zero-order valence-corrected chi connectivity index (χ0v) is 8.02. The van der Waals surface area contributed by atoms with Crippen LogP contribution < -0.4 is 0 Å². The summed E-state index contributed by atoms with van der Waals surface area (Å²) in [7, 11) is 0. The van der Waals surface area contributed by atoms with Crippen molar-refractivity contribution in [3.63, 3.8) is 0 Å². The third kappa shape index (κ3) is 1.72. The SMILES string of the molecule is O=CN1CCN(C(=O)C2COC2)CC1. The second-order valence-corrected chi connectivity index (χ2v) is 3.70. The average Bonchev–Trinajstić information content (AvgIpc) is 2.15. The minimum absolute atomic E-state index is 0.0674. The summed E-state index contributed by atoms with van der Waals surface area (Å²) in [5.41, 5.74) is 0. The third-order valence-electron chi connectivity index (χ3n) is 2.76. The molecule has 78 valence electrons. The van der Waals surface area contributed by atoms with E-state index >= 15 is 0 Å². The molecule has 0 saturated carbocycles. The highest BCUT2D eigenvalue weighted by Crippen LogP contribution is 2.14. The number of hydrogen-bond acceptors (Lipinski definition) is 3. The standard InChI is InChI=1S/C9H14N2O3/c12-7-10-1-3-11(4-2-10)9(13)8-5-14-6-8/h7-8H,1-6H2. The summed E-state index contributed by atoms with van der Waals surface area (Å²) in [5.74, 6) is 0.250. The van der Waals surface area contributed by atoms with Crippen molar-refractivity contribution in [2.45, 2.75) is 0 Å². The van der Waals surface area contributed by atoms with Gasteiger partial charge in [0, 0.05) is 26.2 Å². The molecule has 14 heavy (non-hydrogen) atoms. The van der Waals surface area contributed by atoms with Crippen molar-refractivity contribution in [2.24, 2.45) is 5.92 Å². The fourth-order valence-corrected chi connectivity index (χ4v) is 1.68. The van der Waals surface area contributed by atoms with E-state index in [1.165, 1.54) is 0 Å². The van der Waals surface area contributed by atoms with Gasteiger partial charge in [0.15, 0.2) is 0 Å². The Morgan fingerprint density at radius 2 is 1.86 bits per heavy atom. The molecular formula is C9H14N2O3. The summed E-state index contributed by atoms with van der Waals surface area (Å²) in [5, 5.41) is 0. The largest absolute Gasteiger partial charge is 0.380 e. The molecule has 2 saturated heterocycles. The predicted molar refractivity (Wildman–Crippen MR) is 48.5 cm³/mol. The van der Waals surface area contributed by atoms with Crippen molar-refractivity contribution in [1.82, 2.24) is 9.80 Å². The molecule has 5 heteroatoms. The van der Waals surface area contributed by atoms with Gasteiger partial charge in [0.25, 0.3) is 0 Å². The normalized spacial score (nSPS) is 23.1. The van der Waals surface area contributed by atoms with Gasteiger partial charge < -0.3 is 14.5 Å². The number of hydrogen-bond donors (Lipinski definition) is 0. The molecule has 0 atom stereocenters. The molecular weight excluding hydrogens is 184 g/mol. The number of amides is 2. The van der Waals surface area contributed by atoms with Crippen LogP contribution in [0.2, 0.25) is 0 Å². The summed E-state index contributed by atoms with van der Waals surface area (Å²) in [6.45, 7) is 3.76. The van der Waals surface area contributed by atoms with Gasteiger partial charge in [-0.2, -0.15) is 0 Å². The summed E-state index contributed by atoms with van der Waals surface area (Å²) in [6, 6.07) is 0. The average molecular weight is 198 g/mol. The fourth-order valence-electron chi connectivity index (χ4n) is 1.68. The maximum atomic E-state index is 11.7. The topological polar surface area (TPSA) is 49.9 Å². The Bertz CT molecular complexity index is 232. The van der Waals surface area contributed by atoms with E-state index in [9.17, 15) is 9.59 Å². The molecule has 2 rings (SSSR count). The van der Waals surface area contributed by atoms with E-state index in [1.807, 2.05) is 4.90 Å². The lowest BCUT2D eigenvalue weighted by Crippen LogP contribution is -2.52. The lowest BCUT2D eigenvalue weighted by molar-refractivity contribution is -0.152. The Morgan fingerprint density at radius 1 is 1.21 bits per heavy atom. The number of piperazine rings is 1. The van der Waals surface area contributed by atoms with E-state index in [2.05, 4.69) is 0 Å². The molecule has 0 bridgehead atoms. The quantitative estimate of drug-likeness (QED) is 0.531. The van der Waals surface area contributed by atoms with Crippen molar-refractivity contribution >= 4 is 12.3 Å². The number of carbonyl (C=O) groups is 2. The number of nitrogens with zero attached hydrogens (tertiary/aromatic N) is 2. The minimum atomic E-state index is 0.0674. The number of rotatable bonds is 2. The highest BCUT2D eigenvalue weighted by Gasteiger charge is 2.31. The van der Waals surface area contributed by atoms with Crippen molar-refractivity contribution in [3.05, 3.63) is 0 Å². The van der Waals surface area contributed by atoms with Gasteiger partial charge in [0.05, 0.1) is 19.1 Å². The van der Waals surface area contributed by atoms with Gasteiger partial charge in [-0.05, 0) is 0 Å². The van der Waals surface area contributed by atoms with Crippen molar-refractivity contribution in [1.29, 1.82) is 0 Å². The van der Waals surface area contributed by atoms with Crippen LogP contribution >= 0.6 is 0 Å². The van der Waals surface area contributed by atoms with Gasteiger partial charge in [-0.15, -0.1) is 0 Å². The predicted octanol–water partition coefficient (Wildman–Crippen LogP) is -1.07. The number of ether oxygens (including phenoxy) is 1. The summed E-state index contributed by atoms with van der Waals surface area (Å²) >= 11 is 0. The van der Waals surface area contributed by atoms with Gasteiger partial charge in [-0.25, -0.2) is 0 Å². The van der Waals surface area contributed by atoms with Gasteiger partial charge >= 0.3 is 0 Å². The Balaban J connectivity index is 1.82. The van der Waals surface area contributed by atoms with E-state index < -0.39 is 0 Å². The summed E-state index contributed by atoms with van der Waals surface area (Å²) in [4.78, 5) is 25.7. The molecule has 5 nitrogen and oxygen atoms in total. The van der Waals surface area contributed by atoms with Crippen LogP contribution in [0.1, 0.15) is 0 Å². The molecule has 0 aromatic carbocycles. The first-order chi connectivity index (χ1) is 6.81. The maximum absolute atomic E-state index is 11.7. The first-order valence-corrected chi connectivity index (χ1v) is 4.87. The third-order valence-corrected chi connectivity index (χ3v) is 2.76. The Hall–Kier alpha value is -1.10. The van der Waals surface area contributed by atoms with Gasteiger partial charge in [-0.1, -0.05) is 0 Å². The molecule has 2 aliphatic rings. The van der Waals surface area contributed by atoms with Gasteiger partial charge in [0.1, 0.15) is 0 Å². The van der Waals surface area contributed by atoms with E-state index in [1.54, 1.807) is 4.90 Å². The molecule has 0 aliphatic carbocycles. The molecule has 0 aromatic rings. The van der Waals surface area contributed by atoms with Crippen LogP contribution in [0.5, 0.6) is 0 Å². The lowest BCUT2D eigenvalue weighted by Gasteiger charge is -2.36. The van der Waals surface area contributed by atoms with E-state index in [-0.39, 0.29) is 11.8 Å². The van der Waals surface area contributed by atoms with Crippen LogP contribution in [-0.2, 0) is 14.3 Å². The van der Waals surface area contributed by atoms with E-state index in [0.29, 0.717) is 39.4 Å². The van der Waals surface area contributed by atoms with Crippen molar-refractivity contribution in [2.75, 3.05) is 39.4 Å². The zero-order chi connectivity index (χ0) is 9.97. The zero-order valence-electron chi connectivity index (χ0n) is 8.02. The van der Waals surface area contributed by atoms with E-state index in [4.69, 9.17) is 4.74 Å². The molecule has 0 radical (unpaired) electrons. The molecule has 0 unspecified atom stereocenters. The van der Waals surface area contributed by atoms with Gasteiger partial charge in [0.2, 0.25) is 12.3 Å². The second-order valence-electron chi connectivity index (χ2n) is 3.70. The lowest BCUT2D eigenvalue weighted by atomic mass is 10.1. The molecule has 0 spiro atoms. The van der Waals surface area contributed by atoms with Crippen LogP contribution in [0, 0.1) is 5.92 Å². The highest BCUT2D eigenvalue weighted by molar-refractivity contribution is 5.80. The fraction of sp³-hybridized carbons (Fsp3) is 0.778.